The van der Waals surface area contributed by atoms with Gasteiger partial charge in [-0.25, -0.2) is 0 Å². The van der Waals surface area contributed by atoms with Crippen LogP contribution in [0.15, 0.2) is 34.7 Å². The first kappa shape index (κ1) is 21.7. The van der Waals surface area contributed by atoms with Crippen LogP contribution in [0.5, 0.6) is 5.75 Å². The molecule has 4 heteroatoms. The monoisotopic (exact) mass is 398 g/mol. The maximum absolute atomic E-state index is 6.20. The Kier molecular flexibility index (Phi) is 6.86. The minimum Gasteiger partial charge on any atom is -0.456 e. The predicted octanol–water partition coefficient (Wildman–Crippen LogP) is 6.86. The highest BCUT2D eigenvalue weighted by Gasteiger charge is 2.39. The second-order valence-corrected chi connectivity index (χ2v) is 8.05. The number of hydrogen-bond donors (Lipinski definition) is 0. The fraction of sp³-hybridized carbons (Fsp3) is 0.520. The second-order valence-electron chi connectivity index (χ2n) is 8.05. The van der Waals surface area contributed by atoms with E-state index < -0.39 is 5.97 Å². The third-order valence-electron chi connectivity index (χ3n) is 4.87. The molecular formula is C25H34O4. The van der Waals surface area contributed by atoms with Crippen LogP contribution in [0.4, 0.5) is 0 Å². The number of para-hydroxylation sites is 1. The Morgan fingerprint density at radius 1 is 1.00 bits per heavy atom. The minimum atomic E-state index is -0.974. The number of hydrogen-bond acceptors (Lipinski definition) is 4. The Bertz CT molecular complexity index is 946. The van der Waals surface area contributed by atoms with Gasteiger partial charge in [-0.15, -0.1) is 0 Å². The molecule has 0 spiro atoms. The van der Waals surface area contributed by atoms with Crippen molar-refractivity contribution in [2.75, 3.05) is 13.2 Å². The third-order valence-corrected chi connectivity index (χ3v) is 4.87. The molecule has 2 heterocycles. The van der Waals surface area contributed by atoms with Gasteiger partial charge in [-0.1, -0.05) is 45.9 Å². The van der Waals surface area contributed by atoms with Crippen molar-refractivity contribution >= 4 is 21.9 Å². The standard InChI is InChI=1S/C21H24O4.C4H10/c1-4-14-8-7-9-16-19-15-12-13-21(22-5-2,23-6-3)25-17(15)10-11-18(19)24-20(14)16;1-4(2)3/h7-11H,4-6,12-13H2,1-3H3;4H,1-3H3. The zero-order valence-corrected chi connectivity index (χ0v) is 18.6. The first-order chi connectivity index (χ1) is 13.9. The molecule has 1 aromatic heterocycles. The first-order valence-electron chi connectivity index (χ1n) is 10.9. The summed E-state index contributed by atoms with van der Waals surface area (Å²) in [6.07, 6.45) is 2.45. The van der Waals surface area contributed by atoms with E-state index in [1.54, 1.807) is 0 Å². The fourth-order valence-electron chi connectivity index (χ4n) is 3.80. The Morgan fingerprint density at radius 2 is 1.69 bits per heavy atom. The summed E-state index contributed by atoms with van der Waals surface area (Å²) in [7, 11) is 0. The maximum Gasteiger partial charge on any atom is 0.327 e. The molecule has 0 atom stereocenters. The van der Waals surface area contributed by atoms with Gasteiger partial charge in [0.25, 0.3) is 0 Å². The second kappa shape index (κ2) is 9.19. The molecule has 0 fully saturated rings. The molecule has 0 saturated heterocycles. The van der Waals surface area contributed by atoms with Crippen LogP contribution in [0, 0.1) is 5.92 Å². The van der Waals surface area contributed by atoms with Crippen LogP contribution in [-0.2, 0) is 22.3 Å². The molecule has 3 aromatic rings. The van der Waals surface area contributed by atoms with E-state index >= 15 is 0 Å². The van der Waals surface area contributed by atoms with Crippen molar-refractivity contribution < 1.29 is 18.6 Å². The van der Waals surface area contributed by atoms with E-state index in [-0.39, 0.29) is 0 Å². The fourth-order valence-corrected chi connectivity index (χ4v) is 3.80. The molecule has 0 saturated carbocycles. The van der Waals surface area contributed by atoms with Gasteiger partial charge in [-0.3, -0.25) is 0 Å². The lowest BCUT2D eigenvalue weighted by Crippen LogP contribution is -2.45. The van der Waals surface area contributed by atoms with Crippen LogP contribution >= 0.6 is 0 Å². The van der Waals surface area contributed by atoms with Crippen molar-refractivity contribution in [3.05, 3.63) is 41.5 Å². The molecule has 29 heavy (non-hydrogen) atoms. The van der Waals surface area contributed by atoms with Crippen molar-refractivity contribution in [3.63, 3.8) is 0 Å². The van der Waals surface area contributed by atoms with Gasteiger partial charge in [-0.2, -0.15) is 0 Å². The van der Waals surface area contributed by atoms with Crippen LogP contribution in [0.3, 0.4) is 0 Å². The summed E-state index contributed by atoms with van der Waals surface area (Å²) in [6, 6.07) is 10.3. The normalized spacial score (nSPS) is 15.1. The molecule has 0 bridgehead atoms. The van der Waals surface area contributed by atoms with Crippen molar-refractivity contribution in [3.8, 4) is 5.75 Å². The van der Waals surface area contributed by atoms with Gasteiger partial charge >= 0.3 is 5.97 Å². The smallest absolute Gasteiger partial charge is 0.327 e. The lowest BCUT2D eigenvalue weighted by molar-refractivity contribution is -0.347. The summed E-state index contributed by atoms with van der Waals surface area (Å²) in [5.41, 5.74) is 4.31. The molecule has 0 N–H and O–H groups in total. The SMILES string of the molecule is CC(C)C.CCOC1(OCC)CCc2c(ccc3oc4c(CC)cccc4c23)O1. The molecule has 0 aliphatic carbocycles. The quantitative estimate of drug-likeness (QED) is 0.440. The highest BCUT2D eigenvalue weighted by atomic mass is 16.9. The summed E-state index contributed by atoms with van der Waals surface area (Å²) < 4.78 is 24.0. The van der Waals surface area contributed by atoms with E-state index in [0.717, 1.165) is 46.4 Å². The minimum absolute atomic E-state index is 0.548. The lowest BCUT2D eigenvalue weighted by atomic mass is 9.97. The Morgan fingerprint density at radius 3 is 2.31 bits per heavy atom. The van der Waals surface area contributed by atoms with Crippen molar-refractivity contribution in [2.45, 2.75) is 66.8 Å². The molecule has 0 amide bonds. The van der Waals surface area contributed by atoms with Crippen LogP contribution < -0.4 is 4.74 Å². The van der Waals surface area contributed by atoms with Gasteiger partial charge < -0.3 is 18.6 Å². The van der Waals surface area contributed by atoms with Gasteiger partial charge in [-0.05, 0) is 50.3 Å². The van der Waals surface area contributed by atoms with E-state index in [2.05, 4.69) is 45.9 Å². The molecule has 2 aromatic carbocycles. The predicted molar refractivity (Wildman–Crippen MR) is 119 cm³/mol. The van der Waals surface area contributed by atoms with E-state index in [0.29, 0.717) is 19.6 Å². The van der Waals surface area contributed by atoms with Gasteiger partial charge in [0, 0.05) is 22.8 Å². The topological polar surface area (TPSA) is 40.8 Å². The summed E-state index contributed by atoms with van der Waals surface area (Å²) in [5.74, 6) is 0.684. The van der Waals surface area contributed by atoms with Crippen LogP contribution in [0.1, 0.15) is 59.1 Å². The zero-order chi connectivity index (χ0) is 21.0. The van der Waals surface area contributed by atoms with Crippen LogP contribution in [0.25, 0.3) is 21.9 Å². The number of benzene rings is 2. The number of aryl methyl sites for hydroxylation is 2. The van der Waals surface area contributed by atoms with Gasteiger partial charge in [0.15, 0.2) is 0 Å². The first-order valence-corrected chi connectivity index (χ1v) is 10.9. The molecule has 158 valence electrons. The van der Waals surface area contributed by atoms with E-state index in [9.17, 15) is 0 Å². The molecule has 1 aliphatic heterocycles. The average Bonchev–Trinajstić information content (AvgIpc) is 3.07. The molecule has 1 aliphatic rings. The van der Waals surface area contributed by atoms with Crippen molar-refractivity contribution in [1.82, 2.24) is 0 Å². The highest BCUT2D eigenvalue weighted by Crippen LogP contribution is 2.43. The average molecular weight is 399 g/mol. The van der Waals surface area contributed by atoms with Crippen LogP contribution in [0.2, 0.25) is 0 Å². The summed E-state index contributed by atoms with van der Waals surface area (Å²) in [6.45, 7) is 13.7. The summed E-state index contributed by atoms with van der Waals surface area (Å²) >= 11 is 0. The number of rotatable bonds is 5. The Balaban J connectivity index is 0.000000552. The molecule has 0 unspecified atom stereocenters. The largest absolute Gasteiger partial charge is 0.456 e. The van der Waals surface area contributed by atoms with Crippen molar-refractivity contribution in [2.24, 2.45) is 5.92 Å². The van der Waals surface area contributed by atoms with E-state index in [1.165, 1.54) is 11.1 Å². The van der Waals surface area contributed by atoms with Crippen molar-refractivity contribution in [1.29, 1.82) is 0 Å². The lowest BCUT2D eigenvalue weighted by Gasteiger charge is -2.37. The van der Waals surface area contributed by atoms with Gasteiger partial charge in [0.1, 0.15) is 16.9 Å². The third kappa shape index (κ3) is 4.44. The Hall–Kier alpha value is -2.04. The highest BCUT2D eigenvalue weighted by molar-refractivity contribution is 6.08. The van der Waals surface area contributed by atoms with Crippen LogP contribution in [-0.4, -0.2) is 19.2 Å². The molecule has 4 rings (SSSR count). The van der Waals surface area contributed by atoms with Gasteiger partial charge in [0.2, 0.25) is 0 Å². The zero-order valence-electron chi connectivity index (χ0n) is 18.6. The maximum atomic E-state index is 6.20. The molecule has 0 radical (unpaired) electrons. The van der Waals surface area contributed by atoms with E-state index in [4.69, 9.17) is 18.6 Å². The Labute approximate surface area is 174 Å². The summed E-state index contributed by atoms with van der Waals surface area (Å²) in [5, 5.41) is 2.32. The number of furan rings is 1. The molecular weight excluding hydrogens is 364 g/mol. The van der Waals surface area contributed by atoms with E-state index in [1.807, 2.05) is 26.0 Å². The molecule has 4 nitrogen and oxygen atoms in total. The summed E-state index contributed by atoms with van der Waals surface area (Å²) in [4.78, 5) is 0. The number of ether oxygens (including phenoxy) is 3. The van der Waals surface area contributed by atoms with Gasteiger partial charge in [0.05, 0.1) is 13.2 Å². The number of fused-ring (bicyclic) bond motifs is 5.